The summed E-state index contributed by atoms with van der Waals surface area (Å²) in [7, 11) is -0.463. The minimum atomic E-state index is -3.58. The highest BCUT2D eigenvalue weighted by Gasteiger charge is 2.23. The quantitative estimate of drug-likeness (QED) is 0.655. The molecule has 3 rings (SSSR count). The standard InChI is InChI=1S/C21H24N2O5S/c1-13(2)23(4)29(25,26)17-9-6-15(7-10-17)22-21(24)20-14(3)18-12-16(27-5)8-11-19(18)28-20/h6-13H,1-5H3,(H,22,24). The Bertz CT molecular complexity index is 1150. The number of methoxy groups -OCH3 is 1. The Morgan fingerprint density at radius 1 is 1.14 bits per heavy atom. The number of amides is 1. The van der Waals surface area contributed by atoms with Gasteiger partial charge in [-0.05, 0) is 63.2 Å². The Labute approximate surface area is 170 Å². The van der Waals surface area contributed by atoms with E-state index < -0.39 is 15.9 Å². The molecule has 1 aromatic heterocycles. The Morgan fingerprint density at radius 2 is 1.79 bits per heavy atom. The van der Waals surface area contributed by atoms with E-state index in [2.05, 4.69) is 5.32 Å². The van der Waals surface area contributed by atoms with Crippen LogP contribution < -0.4 is 10.1 Å². The van der Waals surface area contributed by atoms with Crippen molar-refractivity contribution in [3.8, 4) is 5.75 Å². The fourth-order valence-electron chi connectivity index (χ4n) is 2.89. The molecule has 0 atom stereocenters. The summed E-state index contributed by atoms with van der Waals surface area (Å²) in [6, 6.07) is 11.2. The summed E-state index contributed by atoms with van der Waals surface area (Å²) in [5, 5.41) is 3.55. The first-order valence-electron chi connectivity index (χ1n) is 9.11. The van der Waals surface area contributed by atoms with E-state index in [0.717, 1.165) is 5.39 Å². The van der Waals surface area contributed by atoms with E-state index in [9.17, 15) is 13.2 Å². The molecule has 1 heterocycles. The molecule has 1 amide bonds. The molecular formula is C21H24N2O5S. The normalized spacial score (nSPS) is 12.0. The average Bonchev–Trinajstić information content (AvgIpc) is 3.03. The van der Waals surface area contributed by atoms with Crippen molar-refractivity contribution in [2.24, 2.45) is 0 Å². The van der Waals surface area contributed by atoms with Gasteiger partial charge in [0.15, 0.2) is 5.76 Å². The minimum Gasteiger partial charge on any atom is -0.497 e. The van der Waals surface area contributed by atoms with Crippen LogP contribution in [0, 0.1) is 6.92 Å². The molecule has 0 aliphatic carbocycles. The van der Waals surface area contributed by atoms with Gasteiger partial charge >= 0.3 is 0 Å². The lowest BCUT2D eigenvalue weighted by Gasteiger charge is -2.21. The summed E-state index contributed by atoms with van der Waals surface area (Å²) in [4.78, 5) is 12.8. The third-order valence-electron chi connectivity index (χ3n) is 4.87. The third-order valence-corrected chi connectivity index (χ3v) is 6.91. The van der Waals surface area contributed by atoms with Crippen molar-refractivity contribution >= 4 is 32.6 Å². The molecule has 0 fully saturated rings. The Balaban J connectivity index is 1.83. The first-order chi connectivity index (χ1) is 13.6. The second kappa shape index (κ2) is 7.88. The molecule has 0 radical (unpaired) electrons. The maximum Gasteiger partial charge on any atom is 0.291 e. The summed E-state index contributed by atoms with van der Waals surface area (Å²) in [6.45, 7) is 5.41. The van der Waals surface area contributed by atoms with Gasteiger partial charge in [0.05, 0.1) is 12.0 Å². The van der Waals surface area contributed by atoms with Crippen LogP contribution in [-0.2, 0) is 10.0 Å². The molecular weight excluding hydrogens is 392 g/mol. The SMILES string of the molecule is COc1ccc2oc(C(=O)Nc3ccc(S(=O)(=O)N(C)C(C)C)cc3)c(C)c2c1. The van der Waals surface area contributed by atoms with Crippen molar-refractivity contribution in [3.05, 3.63) is 53.8 Å². The maximum absolute atomic E-state index is 12.7. The number of nitrogens with one attached hydrogen (secondary N) is 1. The number of aryl methyl sites for hydroxylation is 1. The van der Waals surface area contributed by atoms with E-state index in [-0.39, 0.29) is 16.7 Å². The Kier molecular flexibility index (Phi) is 5.68. The van der Waals surface area contributed by atoms with Gasteiger partial charge in [-0.1, -0.05) is 0 Å². The number of sulfonamides is 1. The number of nitrogens with zero attached hydrogens (tertiary/aromatic N) is 1. The lowest BCUT2D eigenvalue weighted by molar-refractivity contribution is 0.0998. The molecule has 154 valence electrons. The van der Waals surface area contributed by atoms with Crippen molar-refractivity contribution in [1.29, 1.82) is 0 Å². The van der Waals surface area contributed by atoms with Crippen LogP contribution in [0.4, 0.5) is 5.69 Å². The van der Waals surface area contributed by atoms with Crippen molar-refractivity contribution in [2.45, 2.75) is 31.7 Å². The highest BCUT2D eigenvalue weighted by molar-refractivity contribution is 7.89. The first kappa shape index (κ1) is 20.9. The van der Waals surface area contributed by atoms with Crippen molar-refractivity contribution in [2.75, 3.05) is 19.5 Å². The van der Waals surface area contributed by atoms with Crippen LogP contribution in [-0.4, -0.2) is 38.8 Å². The fourth-order valence-corrected chi connectivity index (χ4v) is 4.25. The summed E-state index contributed by atoms with van der Waals surface area (Å²) in [6.07, 6.45) is 0. The monoisotopic (exact) mass is 416 g/mol. The second-order valence-electron chi connectivity index (χ2n) is 7.01. The molecule has 0 aliphatic heterocycles. The maximum atomic E-state index is 12.7. The number of carbonyl (C=O) groups excluding carboxylic acids is 1. The number of ether oxygens (including phenoxy) is 1. The van der Waals surface area contributed by atoms with Crippen molar-refractivity contribution < 1.29 is 22.4 Å². The number of rotatable bonds is 6. The largest absolute Gasteiger partial charge is 0.497 e. The molecule has 3 aromatic rings. The molecule has 29 heavy (non-hydrogen) atoms. The highest BCUT2D eigenvalue weighted by atomic mass is 32.2. The van der Waals surface area contributed by atoms with E-state index in [1.54, 1.807) is 52.1 Å². The number of anilines is 1. The minimum absolute atomic E-state index is 0.158. The van der Waals surface area contributed by atoms with Crippen molar-refractivity contribution in [1.82, 2.24) is 4.31 Å². The fraction of sp³-hybridized carbons (Fsp3) is 0.286. The van der Waals surface area contributed by atoms with E-state index in [1.807, 2.05) is 6.07 Å². The van der Waals surface area contributed by atoms with Gasteiger partial charge < -0.3 is 14.5 Å². The molecule has 0 bridgehead atoms. The predicted molar refractivity (Wildman–Crippen MR) is 112 cm³/mol. The Morgan fingerprint density at radius 3 is 2.38 bits per heavy atom. The van der Waals surface area contributed by atoms with E-state index in [0.29, 0.717) is 22.6 Å². The molecule has 1 N–H and O–H groups in total. The predicted octanol–water partition coefficient (Wildman–Crippen LogP) is 4.03. The van der Waals surface area contributed by atoms with Crippen LogP contribution in [0.2, 0.25) is 0 Å². The summed E-state index contributed by atoms with van der Waals surface area (Å²) in [5.41, 5.74) is 1.76. The van der Waals surface area contributed by atoms with Crippen LogP contribution in [0.25, 0.3) is 11.0 Å². The van der Waals surface area contributed by atoms with Gasteiger partial charge in [-0.3, -0.25) is 4.79 Å². The van der Waals surface area contributed by atoms with Gasteiger partial charge in [-0.2, -0.15) is 4.31 Å². The average molecular weight is 416 g/mol. The van der Waals surface area contributed by atoms with Gasteiger partial charge in [0.1, 0.15) is 11.3 Å². The second-order valence-corrected chi connectivity index (χ2v) is 9.01. The molecule has 7 nitrogen and oxygen atoms in total. The molecule has 0 saturated heterocycles. The van der Waals surface area contributed by atoms with Gasteiger partial charge in [-0.25, -0.2) is 8.42 Å². The topological polar surface area (TPSA) is 88.8 Å². The van der Waals surface area contributed by atoms with E-state index >= 15 is 0 Å². The summed E-state index contributed by atoms with van der Waals surface area (Å²) < 4.78 is 37.3. The zero-order valence-corrected chi connectivity index (χ0v) is 17.8. The highest BCUT2D eigenvalue weighted by Crippen LogP contribution is 2.29. The zero-order valence-electron chi connectivity index (χ0n) is 17.0. The van der Waals surface area contributed by atoms with Gasteiger partial charge in [0, 0.05) is 29.7 Å². The van der Waals surface area contributed by atoms with Gasteiger partial charge in [0.2, 0.25) is 10.0 Å². The molecule has 2 aromatic carbocycles. The number of hydrogen-bond acceptors (Lipinski definition) is 5. The number of benzene rings is 2. The van der Waals surface area contributed by atoms with Crippen LogP contribution in [0.5, 0.6) is 5.75 Å². The molecule has 8 heteroatoms. The molecule has 0 saturated carbocycles. The van der Waals surface area contributed by atoms with Gasteiger partial charge in [0.25, 0.3) is 5.91 Å². The first-order valence-corrected chi connectivity index (χ1v) is 10.6. The molecule has 0 unspecified atom stereocenters. The van der Waals surface area contributed by atoms with E-state index in [1.165, 1.54) is 23.5 Å². The van der Waals surface area contributed by atoms with Crippen LogP contribution in [0.3, 0.4) is 0 Å². The van der Waals surface area contributed by atoms with Crippen LogP contribution in [0.1, 0.15) is 30.0 Å². The van der Waals surface area contributed by atoms with Crippen molar-refractivity contribution in [3.63, 3.8) is 0 Å². The van der Waals surface area contributed by atoms with Crippen LogP contribution in [0.15, 0.2) is 51.8 Å². The summed E-state index contributed by atoms with van der Waals surface area (Å²) >= 11 is 0. The lowest BCUT2D eigenvalue weighted by Crippen LogP contribution is -2.33. The lowest BCUT2D eigenvalue weighted by atomic mass is 10.1. The summed E-state index contributed by atoms with van der Waals surface area (Å²) in [5.74, 6) is 0.466. The third kappa shape index (κ3) is 3.99. The van der Waals surface area contributed by atoms with Crippen LogP contribution >= 0.6 is 0 Å². The van der Waals surface area contributed by atoms with E-state index in [4.69, 9.17) is 9.15 Å². The smallest absolute Gasteiger partial charge is 0.291 e. The number of fused-ring (bicyclic) bond motifs is 1. The number of furan rings is 1. The number of hydrogen-bond donors (Lipinski definition) is 1. The number of carbonyl (C=O) groups is 1. The zero-order chi connectivity index (χ0) is 21.3. The van der Waals surface area contributed by atoms with Gasteiger partial charge in [-0.15, -0.1) is 0 Å². The molecule has 0 spiro atoms. The Hall–Kier alpha value is -2.84. The molecule has 0 aliphatic rings.